The van der Waals surface area contributed by atoms with E-state index < -0.39 is 10.2 Å². The fourth-order valence-corrected chi connectivity index (χ4v) is 3.62. The molecule has 0 bridgehead atoms. The van der Waals surface area contributed by atoms with Crippen LogP contribution in [-0.4, -0.2) is 30.3 Å². The molecule has 2 rings (SSSR count). The van der Waals surface area contributed by atoms with E-state index in [2.05, 4.69) is 9.71 Å². The number of aromatic nitrogens is 1. The number of pyridine rings is 1. The Morgan fingerprint density at radius 2 is 2.28 bits per heavy atom. The second kappa shape index (κ2) is 5.77. The molecule has 100 valence electrons. The van der Waals surface area contributed by atoms with Gasteiger partial charge in [0.15, 0.2) is 0 Å². The maximum atomic E-state index is 12.2. The maximum absolute atomic E-state index is 12.2. The normalized spacial score (nSPS) is 21.9. The summed E-state index contributed by atoms with van der Waals surface area (Å²) >= 11 is 0. The number of nitrogens with one attached hydrogen (secondary N) is 1. The fourth-order valence-electron chi connectivity index (χ4n) is 2.18. The average Bonchev–Trinajstić information content (AvgIpc) is 2.38. The van der Waals surface area contributed by atoms with E-state index in [1.165, 1.54) is 0 Å². The van der Waals surface area contributed by atoms with Crippen molar-refractivity contribution in [2.45, 2.75) is 38.8 Å². The second-order valence-corrected chi connectivity index (χ2v) is 6.31. The zero-order chi connectivity index (χ0) is 13.0. The molecule has 0 aliphatic carbocycles. The van der Waals surface area contributed by atoms with Gasteiger partial charge in [0.2, 0.25) is 0 Å². The summed E-state index contributed by atoms with van der Waals surface area (Å²) < 4.78 is 28.5. The van der Waals surface area contributed by atoms with Crippen molar-refractivity contribution in [2.75, 3.05) is 6.54 Å². The molecule has 5 nitrogen and oxygen atoms in total. The highest BCUT2D eigenvalue weighted by atomic mass is 32.2. The highest BCUT2D eigenvalue weighted by Crippen LogP contribution is 2.19. The number of hydrogen-bond donors (Lipinski definition) is 1. The second-order valence-electron chi connectivity index (χ2n) is 4.60. The van der Waals surface area contributed by atoms with Gasteiger partial charge in [-0.3, -0.25) is 4.98 Å². The molecule has 2 heterocycles. The van der Waals surface area contributed by atoms with Crippen LogP contribution in [0.5, 0.6) is 0 Å². The van der Waals surface area contributed by atoms with E-state index in [0.717, 1.165) is 25.0 Å². The van der Waals surface area contributed by atoms with Crippen LogP contribution < -0.4 is 4.72 Å². The van der Waals surface area contributed by atoms with E-state index in [9.17, 15) is 8.42 Å². The van der Waals surface area contributed by atoms with Crippen LogP contribution in [0.1, 0.15) is 31.9 Å². The number of nitrogens with zero attached hydrogens (tertiary/aromatic N) is 2. The Balaban J connectivity index is 1.99. The Bertz CT molecular complexity index is 475. The molecule has 0 amide bonds. The van der Waals surface area contributed by atoms with Crippen LogP contribution in [0.3, 0.4) is 0 Å². The first-order valence-corrected chi connectivity index (χ1v) is 7.70. The van der Waals surface area contributed by atoms with E-state index in [4.69, 9.17) is 0 Å². The van der Waals surface area contributed by atoms with E-state index in [1.807, 2.05) is 25.1 Å². The van der Waals surface area contributed by atoms with Gasteiger partial charge in [-0.05, 0) is 31.9 Å². The Hall–Kier alpha value is -0.980. The van der Waals surface area contributed by atoms with Gasteiger partial charge < -0.3 is 0 Å². The molecule has 1 N–H and O–H groups in total. The fraction of sp³-hybridized carbons (Fsp3) is 0.583. The topological polar surface area (TPSA) is 62.3 Å². The minimum atomic E-state index is -3.39. The largest absolute Gasteiger partial charge is 0.280 e. The Morgan fingerprint density at radius 3 is 2.94 bits per heavy atom. The lowest BCUT2D eigenvalue weighted by Gasteiger charge is -2.32. The van der Waals surface area contributed by atoms with Crippen molar-refractivity contribution in [2.24, 2.45) is 0 Å². The van der Waals surface area contributed by atoms with Gasteiger partial charge in [0, 0.05) is 18.8 Å². The molecule has 1 saturated heterocycles. The SMILES string of the molecule is CC1CCCCN1S(=O)(=O)NCc1ccccn1. The van der Waals surface area contributed by atoms with Gasteiger partial charge >= 0.3 is 0 Å². The molecule has 0 spiro atoms. The van der Waals surface area contributed by atoms with Crippen molar-refractivity contribution in [1.29, 1.82) is 0 Å². The molecule has 1 unspecified atom stereocenters. The summed E-state index contributed by atoms with van der Waals surface area (Å²) in [5.74, 6) is 0. The van der Waals surface area contributed by atoms with Gasteiger partial charge in [-0.15, -0.1) is 0 Å². The maximum Gasteiger partial charge on any atom is 0.280 e. The quantitative estimate of drug-likeness (QED) is 0.896. The summed E-state index contributed by atoms with van der Waals surface area (Å²) in [5, 5.41) is 0. The number of hydrogen-bond acceptors (Lipinski definition) is 3. The van der Waals surface area contributed by atoms with Gasteiger partial charge in [0.05, 0.1) is 12.2 Å². The number of rotatable bonds is 4. The molecular formula is C12H19N3O2S. The summed E-state index contributed by atoms with van der Waals surface area (Å²) in [4.78, 5) is 4.10. The van der Waals surface area contributed by atoms with Gasteiger partial charge in [-0.25, -0.2) is 0 Å². The van der Waals surface area contributed by atoms with E-state index in [0.29, 0.717) is 6.54 Å². The summed E-state index contributed by atoms with van der Waals surface area (Å²) in [6.45, 7) is 2.81. The summed E-state index contributed by atoms with van der Waals surface area (Å²) in [7, 11) is -3.39. The van der Waals surface area contributed by atoms with Gasteiger partial charge in [0.25, 0.3) is 10.2 Å². The molecule has 0 saturated carbocycles. The molecular weight excluding hydrogens is 250 g/mol. The van der Waals surface area contributed by atoms with Crippen LogP contribution in [0, 0.1) is 0 Å². The molecule has 1 atom stereocenters. The summed E-state index contributed by atoms with van der Waals surface area (Å²) in [6, 6.07) is 5.55. The van der Waals surface area contributed by atoms with Crippen molar-refractivity contribution in [3.05, 3.63) is 30.1 Å². The van der Waals surface area contributed by atoms with E-state index >= 15 is 0 Å². The molecule has 1 aliphatic heterocycles. The smallest absolute Gasteiger partial charge is 0.260 e. The van der Waals surface area contributed by atoms with Crippen LogP contribution in [0.15, 0.2) is 24.4 Å². The lowest BCUT2D eigenvalue weighted by Crippen LogP contribution is -2.47. The Labute approximate surface area is 108 Å². The summed E-state index contributed by atoms with van der Waals surface area (Å²) in [6.07, 6.45) is 4.64. The first kappa shape index (κ1) is 13.5. The standard InChI is InChI=1S/C12H19N3O2S/c1-11-6-3-5-9-15(11)18(16,17)14-10-12-7-2-4-8-13-12/h2,4,7-8,11,14H,3,5-6,9-10H2,1H3. The van der Waals surface area contributed by atoms with Crippen molar-refractivity contribution < 1.29 is 8.42 Å². The highest BCUT2D eigenvalue weighted by Gasteiger charge is 2.28. The first-order valence-electron chi connectivity index (χ1n) is 6.26. The van der Waals surface area contributed by atoms with Crippen molar-refractivity contribution in [1.82, 2.24) is 14.0 Å². The molecule has 1 fully saturated rings. The summed E-state index contributed by atoms with van der Waals surface area (Å²) in [5.41, 5.74) is 0.728. The molecule has 6 heteroatoms. The molecule has 1 aromatic heterocycles. The minimum absolute atomic E-state index is 0.0833. The number of piperidine rings is 1. The lowest BCUT2D eigenvalue weighted by atomic mass is 10.1. The third-order valence-electron chi connectivity index (χ3n) is 3.21. The van der Waals surface area contributed by atoms with Gasteiger partial charge in [-0.2, -0.15) is 17.4 Å². The Morgan fingerprint density at radius 1 is 1.44 bits per heavy atom. The first-order chi connectivity index (χ1) is 8.59. The molecule has 0 aromatic carbocycles. The molecule has 0 radical (unpaired) electrons. The van der Waals surface area contributed by atoms with Crippen molar-refractivity contribution in [3.63, 3.8) is 0 Å². The predicted octanol–water partition coefficient (Wildman–Crippen LogP) is 1.29. The third kappa shape index (κ3) is 3.28. The molecule has 1 aromatic rings. The van der Waals surface area contributed by atoms with Gasteiger partial charge in [0.1, 0.15) is 0 Å². The van der Waals surface area contributed by atoms with Crippen molar-refractivity contribution in [3.8, 4) is 0 Å². The van der Waals surface area contributed by atoms with E-state index in [1.54, 1.807) is 10.5 Å². The minimum Gasteiger partial charge on any atom is -0.260 e. The van der Waals surface area contributed by atoms with Crippen LogP contribution in [0.25, 0.3) is 0 Å². The Kier molecular flexibility index (Phi) is 4.31. The van der Waals surface area contributed by atoms with E-state index in [-0.39, 0.29) is 12.6 Å². The predicted molar refractivity (Wildman–Crippen MR) is 70.0 cm³/mol. The van der Waals surface area contributed by atoms with Crippen LogP contribution in [-0.2, 0) is 16.8 Å². The lowest BCUT2D eigenvalue weighted by molar-refractivity contribution is 0.265. The van der Waals surface area contributed by atoms with Crippen LogP contribution >= 0.6 is 0 Å². The molecule has 18 heavy (non-hydrogen) atoms. The van der Waals surface area contributed by atoms with Crippen molar-refractivity contribution >= 4 is 10.2 Å². The third-order valence-corrected chi connectivity index (χ3v) is 4.88. The zero-order valence-corrected chi connectivity index (χ0v) is 11.4. The van der Waals surface area contributed by atoms with Crippen LogP contribution in [0.4, 0.5) is 0 Å². The van der Waals surface area contributed by atoms with Gasteiger partial charge in [-0.1, -0.05) is 12.5 Å². The molecule has 1 aliphatic rings. The highest BCUT2D eigenvalue weighted by molar-refractivity contribution is 7.87. The monoisotopic (exact) mass is 269 g/mol. The average molecular weight is 269 g/mol. The zero-order valence-electron chi connectivity index (χ0n) is 10.5. The van der Waals surface area contributed by atoms with Crippen LogP contribution in [0.2, 0.25) is 0 Å².